The number of hydrogen-bond donors (Lipinski definition) is 1. The van der Waals surface area contributed by atoms with Gasteiger partial charge >= 0.3 is 0 Å². The molecule has 0 atom stereocenters. The molecule has 0 aliphatic rings. The Bertz CT molecular complexity index is 425. The van der Waals surface area contributed by atoms with E-state index in [1.165, 1.54) is 10.9 Å². The molecule has 0 amide bonds. The number of nitrogens with zero attached hydrogens (tertiary/aromatic N) is 2. The van der Waals surface area contributed by atoms with E-state index in [1.807, 2.05) is 0 Å². The van der Waals surface area contributed by atoms with Crippen molar-refractivity contribution in [3.8, 4) is 11.6 Å². The van der Waals surface area contributed by atoms with Gasteiger partial charge in [-0.05, 0) is 10.7 Å². The Balaban J connectivity index is 2.52. The average molecular weight is 177 g/mol. The van der Waals surface area contributed by atoms with Gasteiger partial charge < -0.3 is 15.4 Å². The monoisotopic (exact) mass is 177 g/mol. The zero-order chi connectivity index (χ0) is 9.26. The summed E-state index contributed by atoms with van der Waals surface area (Å²) in [5, 5.41) is 14.2. The van der Waals surface area contributed by atoms with Gasteiger partial charge in [-0.15, -0.1) is 0 Å². The number of benzene rings is 1. The van der Waals surface area contributed by atoms with Crippen LogP contribution in [0.1, 0.15) is 0 Å². The van der Waals surface area contributed by atoms with Gasteiger partial charge in [0.05, 0.1) is 5.27 Å². The highest BCUT2D eigenvalue weighted by molar-refractivity contribution is 5.51. The van der Waals surface area contributed by atoms with Crippen LogP contribution in [0.5, 0.6) is 5.95 Å². The van der Waals surface area contributed by atoms with Crippen molar-refractivity contribution in [3.63, 3.8) is 0 Å². The summed E-state index contributed by atoms with van der Waals surface area (Å²) in [6.45, 7) is 0. The van der Waals surface area contributed by atoms with Crippen molar-refractivity contribution in [1.29, 1.82) is 0 Å². The summed E-state index contributed by atoms with van der Waals surface area (Å²) in [4.78, 5) is 0. The maximum atomic E-state index is 10.7. The molecule has 0 saturated carbocycles. The molecule has 66 valence electrons. The minimum atomic E-state index is -0.497. The highest BCUT2D eigenvalue weighted by Crippen LogP contribution is 2.09. The third-order valence-electron chi connectivity index (χ3n) is 1.63. The zero-order valence-electron chi connectivity index (χ0n) is 6.68. The van der Waals surface area contributed by atoms with Crippen molar-refractivity contribution in [2.75, 3.05) is 5.73 Å². The van der Waals surface area contributed by atoms with Gasteiger partial charge in [-0.1, -0.05) is 12.1 Å². The van der Waals surface area contributed by atoms with Gasteiger partial charge in [-0.2, -0.15) is 0 Å². The van der Waals surface area contributed by atoms with E-state index in [4.69, 9.17) is 5.73 Å². The van der Waals surface area contributed by atoms with Crippen LogP contribution in [0.15, 0.2) is 35.0 Å². The lowest BCUT2D eigenvalue weighted by Gasteiger charge is -1.92. The highest BCUT2D eigenvalue weighted by atomic mass is 16.6. The molecule has 2 N–H and O–H groups in total. The molecular weight excluding hydrogens is 170 g/mol. The van der Waals surface area contributed by atoms with Gasteiger partial charge in [0.25, 0.3) is 5.69 Å². The fourth-order valence-corrected chi connectivity index (χ4v) is 1.04. The Morgan fingerprint density at radius 3 is 2.77 bits per heavy atom. The first-order valence-corrected chi connectivity index (χ1v) is 3.68. The predicted octanol–water partition coefficient (Wildman–Crippen LogP) is -0.393. The normalized spacial score (nSPS) is 10.2. The van der Waals surface area contributed by atoms with Crippen LogP contribution < -0.4 is 15.5 Å². The molecule has 2 rings (SSSR count). The number of nitrogen functional groups attached to an aromatic ring is 1. The molecule has 0 spiro atoms. The summed E-state index contributed by atoms with van der Waals surface area (Å²) in [5.74, 6) is -0.497. The smallest absolute Gasteiger partial charge is 0.262 e. The van der Waals surface area contributed by atoms with E-state index < -0.39 is 5.95 Å². The van der Waals surface area contributed by atoms with Crippen molar-refractivity contribution in [2.45, 2.75) is 0 Å². The molecule has 5 nitrogen and oxygen atoms in total. The van der Waals surface area contributed by atoms with Gasteiger partial charge in [0.2, 0.25) is 6.20 Å². The number of nitrogens with two attached hydrogens (primary N) is 1. The largest absolute Gasteiger partial charge is 0.539 e. The minimum absolute atomic E-state index is 0.497. The van der Waals surface area contributed by atoms with E-state index in [0.717, 1.165) is 0 Å². The predicted molar refractivity (Wildman–Crippen MR) is 41.9 cm³/mol. The van der Waals surface area contributed by atoms with Crippen LogP contribution >= 0.6 is 0 Å². The zero-order valence-corrected chi connectivity index (χ0v) is 6.68. The first-order valence-electron chi connectivity index (χ1n) is 3.68. The Kier molecular flexibility index (Phi) is 1.63. The van der Waals surface area contributed by atoms with Crippen molar-refractivity contribution >= 4 is 5.69 Å². The van der Waals surface area contributed by atoms with Crippen LogP contribution in [0.2, 0.25) is 0 Å². The standard InChI is InChI=1S/C8H7N3O2/c9-6-3-1-2-4-7(6)11-5-8(12)13-10-11/h1-5H,(H2-,9,10,12). The molecule has 0 unspecified atom stereocenters. The Morgan fingerprint density at radius 1 is 1.38 bits per heavy atom. The maximum absolute atomic E-state index is 10.7. The van der Waals surface area contributed by atoms with Crippen molar-refractivity contribution in [1.82, 2.24) is 5.27 Å². The second-order valence-electron chi connectivity index (χ2n) is 2.52. The summed E-state index contributed by atoms with van der Waals surface area (Å²) < 4.78 is 5.68. The molecule has 0 radical (unpaired) electrons. The van der Waals surface area contributed by atoms with Crippen LogP contribution in [0.25, 0.3) is 5.69 Å². The van der Waals surface area contributed by atoms with Crippen LogP contribution in [0.4, 0.5) is 5.69 Å². The second-order valence-corrected chi connectivity index (χ2v) is 2.52. The number of aromatic nitrogens is 2. The molecule has 0 aliphatic carbocycles. The molecule has 1 aromatic heterocycles. The Morgan fingerprint density at radius 2 is 2.15 bits per heavy atom. The fourth-order valence-electron chi connectivity index (χ4n) is 1.04. The quantitative estimate of drug-likeness (QED) is 0.475. The van der Waals surface area contributed by atoms with Gasteiger partial charge in [0.15, 0.2) is 0 Å². The summed E-state index contributed by atoms with van der Waals surface area (Å²) in [7, 11) is 0. The first-order chi connectivity index (χ1) is 6.27. The number of hydrogen-bond acceptors (Lipinski definition) is 4. The maximum Gasteiger partial charge on any atom is 0.262 e. The van der Waals surface area contributed by atoms with E-state index in [1.54, 1.807) is 24.3 Å². The number of anilines is 1. The molecule has 1 aromatic carbocycles. The van der Waals surface area contributed by atoms with E-state index in [9.17, 15) is 5.11 Å². The summed E-state index contributed by atoms with van der Waals surface area (Å²) in [6.07, 6.45) is 1.23. The molecule has 0 aliphatic heterocycles. The molecule has 1 heterocycles. The van der Waals surface area contributed by atoms with E-state index in [0.29, 0.717) is 11.4 Å². The molecular formula is C8H7N3O2. The Labute approximate surface area is 74.0 Å². The second kappa shape index (κ2) is 2.78. The van der Waals surface area contributed by atoms with Crippen LogP contribution in [0, 0.1) is 0 Å². The van der Waals surface area contributed by atoms with Gasteiger partial charge in [0, 0.05) is 6.07 Å². The molecule has 0 bridgehead atoms. The first kappa shape index (κ1) is 7.60. The van der Waals surface area contributed by atoms with E-state index in [2.05, 4.69) is 9.79 Å². The van der Waals surface area contributed by atoms with Crippen LogP contribution in [-0.4, -0.2) is 5.27 Å². The van der Waals surface area contributed by atoms with Gasteiger partial charge in [-0.3, -0.25) is 0 Å². The van der Waals surface area contributed by atoms with Gasteiger partial charge in [-0.25, -0.2) is 0 Å². The topological polar surface area (TPSA) is 79.0 Å². The Hall–Kier alpha value is -2.04. The number of rotatable bonds is 1. The van der Waals surface area contributed by atoms with Crippen molar-refractivity contribution < 1.29 is 14.3 Å². The lowest BCUT2D eigenvalue weighted by atomic mass is 10.3. The molecule has 2 aromatic rings. The van der Waals surface area contributed by atoms with E-state index >= 15 is 0 Å². The van der Waals surface area contributed by atoms with Crippen LogP contribution in [-0.2, 0) is 0 Å². The van der Waals surface area contributed by atoms with E-state index in [-0.39, 0.29) is 0 Å². The summed E-state index contributed by atoms with van der Waals surface area (Å²) in [5.41, 5.74) is 6.83. The molecule has 5 heteroatoms. The number of para-hydroxylation sites is 2. The van der Waals surface area contributed by atoms with Gasteiger partial charge in [0.1, 0.15) is 11.6 Å². The fraction of sp³-hybridized carbons (Fsp3) is 0. The summed E-state index contributed by atoms with van der Waals surface area (Å²) in [6, 6.07) is 7.08. The minimum Gasteiger partial charge on any atom is -0.539 e. The van der Waals surface area contributed by atoms with Crippen LogP contribution in [0.3, 0.4) is 0 Å². The molecule has 0 saturated heterocycles. The average Bonchev–Trinajstić information content (AvgIpc) is 2.53. The lowest BCUT2D eigenvalue weighted by molar-refractivity contribution is -0.669. The highest BCUT2D eigenvalue weighted by Gasteiger charge is 2.11. The van der Waals surface area contributed by atoms with Crippen molar-refractivity contribution in [2.24, 2.45) is 0 Å². The SMILES string of the molecule is Nc1ccccc1-[n+]1cc([O-])on1. The molecule has 0 fully saturated rings. The van der Waals surface area contributed by atoms with Crippen molar-refractivity contribution in [3.05, 3.63) is 30.5 Å². The summed E-state index contributed by atoms with van der Waals surface area (Å²) >= 11 is 0. The molecule has 13 heavy (non-hydrogen) atoms. The lowest BCUT2D eigenvalue weighted by Crippen LogP contribution is -2.32. The third kappa shape index (κ3) is 1.31. The third-order valence-corrected chi connectivity index (χ3v) is 1.63.